The topological polar surface area (TPSA) is 61.4 Å². The summed E-state index contributed by atoms with van der Waals surface area (Å²) in [5.41, 5.74) is 2.92. The molecule has 0 aliphatic carbocycles. The number of nitrogens with zero attached hydrogens (tertiary/aromatic N) is 1. The van der Waals surface area contributed by atoms with E-state index < -0.39 is 11.8 Å². The fraction of sp³-hybridized carbons (Fsp3) is 0.333. The minimum Gasteiger partial charge on any atom is -0.372 e. The van der Waals surface area contributed by atoms with Crippen LogP contribution < -0.4 is 15.5 Å². The Kier molecular flexibility index (Phi) is 6.71. The first-order valence-corrected chi connectivity index (χ1v) is 9.68. The number of anilines is 2. The van der Waals surface area contributed by atoms with Gasteiger partial charge in [0, 0.05) is 36.0 Å². The summed E-state index contributed by atoms with van der Waals surface area (Å²) >= 11 is 5.80. The van der Waals surface area contributed by atoms with E-state index >= 15 is 0 Å². The van der Waals surface area contributed by atoms with Crippen LogP contribution in [0.15, 0.2) is 48.5 Å². The molecule has 0 bridgehead atoms. The van der Waals surface area contributed by atoms with Gasteiger partial charge in [-0.05, 0) is 67.6 Å². The molecule has 1 aliphatic heterocycles. The number of carbonyl (C=O) groups excluding carboxylic acids is 2. The predicted molar refractivity (Wildman–Crippen MR) is 109 cm³/mol. The summed E-state index contributed by atoms with van der Waals surface area (Å²) in [6.07, 6.45) is 4.51. The number of rotatable bonds is 5. The molecule has 3 rings (SSSR count). The highest BCUT2D eigenvalue weighted by molar-refractivity contribution is 6.39. The van der Waals surface area contributed by atoms with Gasteiger partial charge in [0.1, 0.15) is 0 Å². The van der Waals surface area contributed by atoms with Crippen LogP contribution in [0.1, 0.15) is 24.8 Å². The van der Waals surface area contributed by atoms with Crippen molar-refractivity contribution in [2.24, 2.45) is 0 Å². The van der Waals surface area contributed by atoms with Crippen LogP contribution in [-0.2, 0) is 16.0 Å². The minimum atomic E-state index is -0.683. The molecule has 1 fully saturated rings. The molecule has 0 aromatic heterocycles. The van der Waals surface area contributed by atoms with Gasteiger partial charge in [0.25, 0.3) is 0 Å². The van der Waals surface area contributed by atoms with Crippen molar-refractivity contribution in [2.75, 3.05) is 29.9 Å². The lowest BCUT2D eigenvalue weighted by atomic mass is 10.1. The molecule has 0 spiro atoms. The molecule has 2 N–H and O–H groups in total. The Morgan fingerprint density at radius 2 is 1.56 bits per heavy atom. The lowest BCUT2D eigenvalue weighted by Crippen LogP contribution is -2.36. The van der Waals surface area contributed by atoms with Crippen molar-refractivity contribution in [1.82, 2.24) is 5.32 Å². The number of piperidine rings is 1. The molecule has 1 aliphatic rings. The van der Waals surface area contributed by atoms with E-state index in [0.717, 1.165) is 18.7 Å². The van der Waals surface area contributed by atoms with Crippen molar-refractivity contribution in [3.8, 4) is 0 Å². The predicted octanol–water partition coefficient (Wildman–Crippen LogP) is 3.63. The molecule has 6 heteroatoms. The van der Waals surface area contributed by atoms with Gasteiger partial charge >= 0.3 is 11.8 Å². The lowest BCUT2D eigenvalue weighted by molar-refractivity contribution is -0.136. The highest BCUT2D eigenvalue weighted by atomic mass is 35.5. The van der Waals surface area contributed by atoms with Gasteiger partial charge < -0.3 is 15.5 Å². The SMILES string of the molecule is O=C(NCCc1ccc(N2CCCCC2)cc1)C(=O)Nc1ccc(Cl)cc1. The molecule has 142 valence electrons. The second-order valence-corrected chi connectivity index (χ2v) is 7.12. The molecule has 0 atom stereocenters. The van der Waals surface area contributed by atoms with Gasteiger partial charge in [0.15, 0.2) is 0 Å². The van der Waals surface area contributed by atoms with E-state index in [2.05, 4.69) is 39.8 Å². The first-order valence-electron chi connectivity index (χ1n) is 9.30. The van der Waals surface area contributed by atoms with Crippen molar-refractivity contribution in [2.45, 2.75) is 25.7 Å². The number of carbonyl (C=O) groups is 2. The van der Waals surface area contributed by atoms with E-state index in [1.807, 2.05) is 0 Å². The van der Waals surface area contributed by atoms with Crippen molar-refractivity contribution in [3.63, 3.8) is 0 Å². The van der Waals surface area contributed by atoms with E-state index in [1.165, 1.54) is 24.9 Å². The molecule has 2 amide bonds. The summed E-state index contributed by atoms with van der Waals surface area (Å²) in [7, 11) is 0. The molecule has 2 aromatic rings. The van der Waals surface area contributed by atoms with Crippen LogP contribution in [-0.4, -0.2) is 31.4 Å². The molecule has 0 radical (unpaired) electrons. The fourth-order valence-electron chi connectivity index (χ4n) is 3.15. The van der Waals surface area contributed by atoms with Crippen LogP contribution in [0, 0.1) is 0 Å². The van der Waals surface area contributed by atoms with Gasteiger partial charge in [-0.3, -0.25) is 9.59 Å². The third kappa shape index (κ3) is 5.73. The molecule has 5 nitrogen and oxygen atoms in total. The van der Waals surface area contributed by atoms with E-state index in [0.29, 0.717) is 23.7 Å². The highest BCUT2D eigenvalue weighted by Crippen LogP contribution is 2.20. The Balaban J connectivity index is 1.42. The zero-order valence-corrected chi connectivity index (χ0v) is 16.0. The van der Waals surface area contributed by atoms with Crippen LogP contribution >= 0.6 is 11.6 Å². The quantitative estimate of drug-likeness (QED) is 0.772. The number of benzene rings is 2. The second kappa shape index (κ2) is 9.42. The maximum Gasteiger partial charge on any atom is 0.313 e. The van der Waals surface area contributed by atoms with Gasteiger partial charge in [-0.1, -0.05) is 23.7 Å². The summed E-state index contributed by atoms with van der Waals surface area (Å²) in [6, 6.07) is 15.1. The Hall–Kier alpha value is -2.53. The Morgan fingerprint density at radius 1 is 0.889 bits per heavy atom. The average molecular weight is 386 g/mol. The maximum atomic E-state index is 11.9. The normalized spacial score (nSPS) is 13.9. The smallest absolute Gasteiger partial charge is 0.313 e. The molecule has 1 heterocycles. The minimum absolute atomic E-state index is 0.413. The Morgan fingerprint density at radius 3 is 2.22 bits per heavy atom. The van der Waals surface area contributed by atoms with E-state index in [1.54, 1.807) is 24.3 Å². The van der Waals surface area contributed by atoms with E-state index in [4.69, 9.17) is 11.6 Å². The van der Waals surface area contributed by atoms with E-state index in [-0.39, 0.29) is 0 Å². The Labute approximate surface area is 164 Å². The standard InChI is InChI=1S/C21H24ClN3O2/c22-17-6-8-18(9-7-17)24-21(27)20(26)23-13-12-16-4-10-19(11-5-16)25-14-2-1-3-15-25/h4-11H,1-3,12-15H2,(H,23,26)(H,24,27). The second-order valence-electron chi connectivity index (χ2n) is 6.68. The summed E-state index contributed by atoms with van der Waals surface area (Å²) in [5, 5.41) is 5.77. The molecule has 27 heavy (non-hydrogen) atoms. The van der Waals surface area contributed by atoms with Gasteiger partial charge in [-0.15, -0.1) is 0 Å². The van der Waals surface area contributed by atoms with Crippen molar-refractivity contribution in [3.05, 3.63) is 59.1 Å². The number of hydrogen-bond acceptors (Lipinski definition) is 3. The van der Waals surface area contributed by atoms with Crippen molar-refractivity contribution in [1.29, 1.82) is 0 Å². The maximum absolute atomic E-state index is 11.9. The van der Waals surface area contributed by atoms with Gasteiger partial charge in [-0.2, -0.15) is 0 Å². The largest absolute Gasteiger partial charge is 0.372 e. The van der Waals surface area contributed by atoms with Gasteiger partial charge in [-0.25, -0.2) is 0 Å². The Bertz CT molecular complexity index is 769. The average Bonchev–Trinajstić information content (AvgIpc) is 2.71. The molecular formula is C21H24ClN3O2. The third-order valence-electron chi connectivity index (χ3n) is 4.67. The zero-order chi connectivity index (χ0) is 19.1. The van der Waals surface area contributed by atoms with Crippen molar-refractivity contribution >= 4 is 34.8 Å². The molecule has 0 saturated carbocycles. The van der Waals surface area contributed by atoms with Gasteiger partial charge in [0.05, 0.1) is 0 Å². The highest BCUT2D eigenvalue weighted by Gasteiger charge is 2.13. The lowest BCUT2D eigenvalue weighted by Gasteiger charge is -2.28. The van der Waals surface area contributed by atoms with Crippen LogP contribution in [0.3, 0.4) is 0 Å². The number of nitrogens with one attached hydrogen (secondary N) is 2. The number of halogens is 1. The molecule has 0 unspecified atom stereocenters. The summed E-state index contributed by atoms with van der Waals surface area (Å²) < 4.78 is 0. The molecule has 2 aromatic carbocycles. The van der Waals surface area contributed by atoms with Crippen LogP contribution in [0.25, 0.3) is 0 Å². The number of amides is 2. The first-order chi connectivity index (χ1) is 13.1. The molecule has 1 saturated heterocycles. The molecular weight excluding hydrogens is 362 g/mol. The van der Waals surface area contributed by atoms with E-state index in [9.17, 15) is 9.59 Å². The monoisotopic (exact) mass is 385 g/mol. The third-order valence-corrected chi connectivity index (χ3v) is 4.92. The summed E-state index contributed by atoms with van der Waals surface area (Å²) in [5.74, 6) is -1.33. The first kappa shape index (κ1) is 19.2. The summed E-state index contributed by atoms with van der Waals surface area (Å²) in [4.78, 5) is 26.2. The van der Waals surface area contributed by atoms with Crippen LogP contribution in [0.4, 0.5) is 11.4 Å². The fourth-order valence-corrected chi connectivity index (χ4v) is 3.27. The summed E-state index contributed by atoms with van der Waals surface area (Å²) in [6.45, 7) is 2.66. The van der Waals surface area contributed by atoms with Crippen molar-refractivity contribution < 1.29 is 9.59 Å². The van der Waals surface area contributed by atoms with Crippen LogP contribution in [0.5, 0.6) is 0 Å². The van der Waals surface area contributed by atoms with Crippen LogP contribution in [0.2, 0.25) is 5.02 Å². The number of hydrogen-bond donors (Lipinski definition) is 2. The van der Waals surface area contributed by atoms with Gasteiger partial charge in [0.2, 0.25) is 0 Å². The zero-order valence-electron chi connectivity index (χ0n) is 15.2.